The van der Waals surface area contributed by atoms with E-state index in [1.807, 2.05) is 41.9 Å². The highest BCUT2D eigenvalue weighted by Gasteiger charge is 2.10. The number of benzene rings is 1. The van der Waals surface area contributed by atoms with Gasteiger partial charge in [-0.25, -0.2) is 4.84 Å². The number of carbonyl (C=O) groups is 1. The molecule has 1 aromatic carbocycles. The van der Waals surface area contributed by atoms with Crippen molar-refractivity contribution < 1.29 is 9.53 Å². The quantitative estimate of drug-likeness (QED) is 0.655. The molecule has 0 atom stereocenters. The topological polar surface area (TPSA) is 43.3 Å². The number of nitrogens with one attached hydrogen (secondary N) is 1. The highest BCUT2D eigenvalue weighted by Crippen LogP contribution is 2.23. The number of para-hydroxylation sites is 1. The van der Waals surface area contributed by atoms with Gasteiger partial charge in [0.25, 0.3) is 0 Å². The molecule has 0 bridgehead atoms. The van der Waals surface area contributed by atoms with Crippen LogP contribution in [0.1, 0.15) is 0 Å². The van der Waals surface area contributed by atoms with Crippen molar-refractivity contribution in [3.63, 3.8) is 0 Å². The standard InChI is InChI=1S/C11H11ClN2O2/c1-14-9-5-3-2-4-8(9)6-10(14)16-11(15)7-13-12/h2-6,13H,7H2,1H3. The van der Waals surface area contributed by atoms with Gasteiger partial charge in [0, 0.05) is 18.5 Å². The molecule has 2 aromatic rings. The van der Waals surface area contributed by atoms with E-state index in [1.165, 1.54) is 0 Å². The van der Waals surface area contributed by atoms with Gasteiger partial charge in [0.15, 0.2) is 0 Å². The third-order valence-electron chi connectivity index (χ3n) is 2.34. The molecule has 0 amide bonds. The van der Waals surface area contributed by atoms with E-state index < -0.39 is 5.97 Å². The summed E-state index contributed by atoms with van der Waals surface area (Å²) in [6, 6.07) is 9.63. The summed E-state index contributed by atoms with van der Waals surface area (Å²) in [5.41, 5.74) is 1.02. The maximum Gasteiger partial charge on any atom is 0.327 e. The Hall–Kier alpha value is -1.52. The third-order valence-corrected chi connectivity index (χ3v) is 2.47. The van der Waals surface area contributed by atoms with Crippen LogP contribution >= 0.6 is 11.8 Å². The summed E-state index contributed by atoms with van der Waals surface area (Å²) >= 11 is 5.22. The second kappa shape index (κ2) is 4.55. The molecule has 4 nitrogen and oxygen atoms in total. The van der Waals surface area contributed by atoms with Crippen LogP contribution in [0.25, 0.3) is 10.9 Å². The number of aromatic nitrogens is 1. The molecule has 0 aliphatic rings. The molecule has 0 unspecified atom stereocenters. The van der Waals surface area contributed by atoms with Crippen molar-refractivity contribution in [3.05, 3.63) is 30.3 Å². The van der Waals surface area contributed by atoms with Crippen LogP contribution in [0.2, 0.25) is 0 Å². The fraction of sp³-hybridized carbons (Fsp3) is 0.182. The smallest absolute Gasteiger partial charge is 0.327 e. The molecule has 0 spiro atoms. The van der Waals surface area contributed by atoms with Crippen molar-refractivity contribution in [1.29, 1.82) is 0 Å². The number of aryl methyl sites for hydroxylation is 1. The minimum atomic E-state index is -0.416. The Balaban J connectivity index is 2.31. The lowest BCUT2D eigenvalue weighted by atomic mass is 10.2. The number of halogens is 1. The number of esters is 1. The number of rotatable bonds is 3. The van der Waals surface area contributed by atoms with Crippen molar-refractivity contribution in [3.8, 4) is 5.88 Å². The zero-order chi connectivity index (χ0) is 11.5. The Bertz CT molecular complexity index is 522. The second-order valence-corrected chi connectivity index (χ2v) is 3.65. The Morgan fingerprint density at radius 2 is 2.25 bits per heavy atom. The molecule has 0 saturated heterocycles. The summed E-state index contributed by atoms with van der Waals surface area (Å²) in [5, 5.41) is 1.03. The molecule has 0 fully saturated rings. The lowest BCUT2D eigenvalue weighted by molar-refractivity contribution is -0.133. The molecule has 84 valence electrons. The maximum atomic E-state index is 11.3. The summed E-state index contributed by atoms with van der Waals surface area (Å²) in [6.45, 7) is -0.0247. The van der Waals surface area contributed by atoms with Gasteiger partial charge in [0.2, 0.25) is 5.88 Å². The van der Waals surface area contributed by atoms with Crippen molar-refractivity contribution in [2.75, 3.05) is 6.54 Å². The number of carbonyl (C=O) groups excluding carboxylic acids is 1. The number of ether oxygens (including phenoxy) is 1. The zero-order valence-corrected chi connectivity index (χ0v) is 9.49. The molecule has 0 aliphatic carbocycles. The normalized spacial score (nSPS) is 10.6. The lowest BCUT2D eigenvalue weighted by Crippen LogP contribution is -2.20. The summed E-state index contributed by atoms with van der Waals surface area (Å²) < 4.78 is 6.97. The van der Waals surface area contributed by atoms with Crippen molar-refractivity contribution in [2.24, 2.45) is 7.05 Å². The molecular formula is C11H11ClN2O2. The number of fused-ring (bicyclic) bond motifs is 1. The van der Waals surface area contributed by atoms with Crippen LogP contribution in [0.3, 0.4) is 0 Å². The van der Waals surface area contributed by atoms with Gasteiger partial charge >= 0.3 is 5.97 Å². The van der Waals surface area contributed by atoms with Gasteiger partial charge in [-0.1, -0.05) is 18.2 Å². The van der Waals surface area contributed by atoms with Crippen molar-refractivity contribution >= 4 is 28.6 Å². The lowest BCUT2D eigenvalue weighted by Gasteiger charge is -2.04. The fourth-order valence-electron chi connectivity index (χ4n) is 1.57. The van der Waals surface area contributed by atoms with E-state index in [0.717, 1.165) is 10.9 Å². The number of hydrogen-bond acceptors (Lipinski definition) is 3. The first-order valence-corrected chi connectivity index (χ1v) is 5.19. The Kier molecular flexibility index (Phi) is 3.12. The first-order chi connectivity index (χ1) is 7.72. The van der Waals surface area contributed by atoms with E-state index in [0.29, 0.717) is 5.88 Å². The predicted octanol–water partition coefficient (Wildman–Crippen LogP) is 1.83. The van der Waals surface area contributed by atoms with E-state index in [1.54, 1.807) is 0 Å². The van der Waals surface area contributed by atoms with E-state index in [9.17, 15) is 4.79 Å². The molecule has 0 aliphatic heterocycles. The van der Waals surface area contributed by atoms with Gasteiger partial charge in [-0.15, -0.1) is 0 Å². The highest BCUT2D eigenvalue weighted by molar-refractivity contribution is 6.14. The molecular weight excluding hydrogens is 228 g/mol. The van der Waals surface area contributed by atoms with Gasteiger partial charge in [-0.3, -0.25) is 4.79 Å². The average molecular weight is 239 g/mol. The van der Waals surface area contributed by atoms with E-state index >= 15 is 0 Å². The monoisotopic (exact) mass is 238 g/mol. The zero-order valence-electron chi connectivity index (χ0n) is 8.74. The first-order valence-electron chi connectivity index (χ1n) is 4.81. The number of hydrogen-bond donors (Lipinski definition) is 1. The first kappa shape index (κ1) is 11.0. The Morgan fingerprint density at radius 1 is 1.50 bits per heavy atom. The van der Waals surface area contributed by atoms with Gasteiger partial charge in [0.1, 0.15) is 6.54 Å². The second-order valence-electron chi connectivity index (χ2n) is 3.38. The fourth-order valence-corrected chi connectivity index (χ4v) is 1.68. The van der Waals surface area contributed by atoms with Crippen LogP contribution in [0, 0.1) is 0 Å². The highest BCUT2D eigenvalue weighted by atomic mass is 35.5. The summed E-state index contributed by atoms with van der Waals surface area (Å²) in [6.07, 6.45) is 0. The molecule has 0 saturated carbocycles. The molecule has 5 heteroatoms. The van der Waals surface area contributed by atoms with Crippen LogP contribution in [0.5, 0.6) is 5.88 Å². The Labute approximate surface area is 97.9 Å². The van der Waals surface area contributed by atoms with E-state index in [2.05, 4.69) is 4.84 Å². The van der Waals surface area contributed by atoms with Gasteiger partial charge in [-0.2, -0.15) is 0 Å². The van der Waals surface area contributed by atoms with Crippen LogP contribution in [0.4, 0.5) is 0 Å². The van der Waals surface area contributed by atoms with E-state index in [-0.39, 0.29) is 6.54 Å². The van der Waals surface area contributed by atoms with Crippen molar-refractivity contribution in [1.82, 2.24) is 9.40 Å². The largest absolute Gasteiger partial charge is 0.408 e. The molecule has 1 aromatic heterocycles. The Morgan fingerprint density at radius 3 is 2.94 bits per heavy atom. The van der Waals surface area contributed by atoms with E-state index in [4.69, 9.17) is 16.5 Å². The predicted molar refractivity (Wildman–Crippen MR) is 62.4 cm³/mol. The molecule has 16 heavy (non-hydrogen) atoms. The SMILES string of the molecule is Cn1c(OC(=O)CNCl)cc2ccccc21. The summed E-state index contributed by atoms with van der Waals surface area (Å²) in [4.78, 5) is 13.5. The number of nitrogens with zero attached hydrogens (tertiary/aromatic N) is 1. The molecule has 1 heterocycles. The van der Waals surface area contributed by atoms with Crippen LogP contribution in [-0.2, 0) is 11.8 Å². The van der Waals surface area contributed by atoms with Gasteiger partial charge < -0.3 is 9.30 Å². The maximum absolute atomic E-state index is 11.3. The summed E-state index contributed by atoms with van der Waals surface area (Å²) in [5.74, 6) is 0.0963. The van der Waals surface area contributed by atoms with Gasteiger partial charge in [-0.05, 0) is 17.8 Å². The average Bonchev–Trinajstić information content (AvgIpc) is 2.57. The molecule has 2 rings (SSSR count). The molecule has 0 radical (unpaired) electrons. The minimum Gasteiger partial charge on any atom is -0.408 e. The van der Waals surface area contributed by atoms with Crippen LogP contribution in [-0.4, -0.2) is 17.1 Å². The summed E-state index contributed by atoms with van der Waals surface area (Å²) in [7, 11) is 1.85. The van der Waals surface area contributed by atoms with Crippen LogP contribution < -0.4 is 9.57 Å². The van der Waals surface area contributed by atoms with Gasteiger partial charge in [0.05, 0.1) is 5.52 Å². The minimum absolute atomic E-state index is 0.0247. The third kappa shape index (κ3) is 2.03. The molecule has 1 N–H and O–H groups in total. The van der Waals surface area contributed by atoms with Crippen molar-refractivity contribution in [2.45, 2.75) is 0 Å². The van der Waals surface area contributed by atoms with Crippen LogP contribution in [0.15, 0.2) is 30.3 Å².